The van der Waals surface area contributed by atoms with E-state index < -0.39 is 0 Å². The molecule has 0 aliphatic rings. The largest absolute Gasteiger partial charge is 0.382 e. The van der Waals surface area contributed by atoms with Crippen LogP contribution in [0.4, 0.5) is 0 Å². The highest BCUT2D eigenvalue weighted by Crippen LogP contribution is 2.10. The molecule has 0 aliphatic carbocycles. The van der Waals surface area contributed by atoms with Crippen molar-refractivity contribution in [2.75, 3.05) is 48.6 Å². The number of likely N-dealkylation sites (N-methyl/N-ethyl adjacent to an activating group) is 1. The Labute approximate surface area is 92.0 Å². The molecule has 5 heteroatoms. The smallest absolute Gasteiger partial charge is 0.113 e. The Bertz CT molecular complexity index is 131. The van der Waals surface area contributed by atoms with Gasteiger partial charge in [-0.2, -0.15) is 0 Å². The van der Waals surface area contributed by atoms with Gasteiger partial charge in [0, 0.05) is 35.0 Å². The van der Waals surface area contributed by atoms with Crippen molar-refractivity contribution in [3.63, 3.8) is 0 Å². The Morgan fingerprint density at radius 1 is 0.933 bits per heavy atom. The third-order valence-electron chi connectivity index (χ3n) is 2.35. The fourth-order valence-corrected chi connectivity index (χ4v) is 1.54. The van der Waals surface area contributed by atoms with E-state index in [1.54, 1.807) is 28.4 Å². The van der Waals surface area contributed by atoms with Crippen molar-refractivity contribution in [1.82, 2.24) is 5.32 Å². The van der Waals surface area contributed by atoms with Crippen LogP contribution in [-0.4, -0.2) is 67.0 Å². The van der Waals surface area contributed by atoms with Gasteiger partial charge in [-0.25, -0.2) is 0 Å². The highest BCUT2D eigenvalue weighted by atomic mass is 16.6. The molecular formula is C10H23NO4. The van der Waals surface area contributed by atoms with Crippen LogP contribution in [0.15, 0.2) is 0 Å². The topological polar surface area (TPSA) is 49.0 Å². The molecule has 3 atom stereocenters. The number of methoxy groups -OCH3 is 4. The molecule has 0 spiro atoms. The van der Waals surface area contributed by atoms with Gasteiger partial charge in [0.25, 0.3) is 0 Å². The number of nitrogens with one attached hydrogen (secondary N) is 1. The second-order valence-electron chi connectivity index (χ2n) is 3.26. The van der Waals surface area contributed by atoms with E-state index in [4.69, 9.17) is 18.9 Å². The Morgan fingerprint density at radius 3 is 1.87 bits per heavy atom. The van der Waals surface area contributed by atoms with Crippen LogP contribution in [0, 0.1) is 0 Å². The van der Waals surface area contributed by atoms with Crippen LogP contribution in [0.5, 0.6) is 0 Å². The summed E-state index contributed by atoms with van der Waals surface area (Å²) >= 11 is 0. The van der Waals surface area contributed by atoms with E-state index in [9.17, 15) is 0 Å². The molecule has 0 unspecified atom stereocenters. The van der Waals surface area contributed by atoms with Gasteiger partial charge in [-0.1, -0.05) is 0 Å². The van der Waals surface area contributed by atoms with E-state index >= 15 is 0 Å². The minimum Gasteiger partial charge on any atom is -0.382 e. The molecule has 0 aromatic rings. The van der Waals surface area contributed by atoms with Crippen LogP contribution in [0.25, 0.3) is 0 Å². The minimum absolute atomic E-state index is 0.0555. The van der Waals surface area contributed by atoms with Gasteiger partial charge in [0.05, 0.1) is 12.7 Å². The average molecular weight is 221 g/mol. The number of rotatable bonds is 9. The molecule has 0 amide bonds. The summed E-state index contributed by atoms with van der Waals surface area (Å²) in [7, 11) is 8.46. The zero-order valence-electron chi connectivity index (χ0n) is 10.3. The van der Waals surface area contributed by atoms with E-state index in [2.05, 4.69) is 5.32 Å². The maximum Gasteiger partial charge on any atom is 0.113 e. The van der Waals surface area contributed by atoms with Gasteiger partial charge in [-0.05, 0) is 7.05 Å². The van der Waals surface area contributed by atoms with Crippen LogP contribution < -0.4 is 5.32 Å². The van der Waals surface area contributed by atoms with Gasteiger partial charge in [0.1, 0.15) is 12.2 Å². The SMILES string of the molecule is CNC[C@H](OC)[C@H](OC)[C@@H](COC)OC. The summed E-state index contributed by atoms with van der Waals surface area (Å²) in [6.45, 7) is 1.19. The molecule has 0 saturated heterocycles. The molecular weight excluding hydrogens is 198 g/mol. The van der Waals surface area contributed by atoms with Crippen molar-refractivity contribution < 1.29 is 18.9 Å². The fraction of sp³-hybridized carbons (Fsp3) is 1.00. The summed E-state index contributed by atoms with van der Waals surface area (Å²) in [4.78, 5) is 0. The lowest BCUT2D eigenvalue weighted by Crippen LogP contribution is -2.47. The normalized spacial score (nSPS) is 17.4. The summed E-state index contributed by atoms with van der Waals surface area (Å²) < 4.78 is 21.1. The van der Waals surface area contributed by atoms with Gasteiger partial charge in [0.2, 0.25) is 0 Å². The maximum atomic E-state index is 5.39. The summed E-state index contributed by atoms with van der Waals surface area (Å²) in [6.07, 6.45) is -0.328. The molecule has 0 bridgehead atoms. The standard InChI is InChI=1S/C10H23NO4/c1-11-6-8(13-3)10(15-5)9(14-4)7-12-2/h8-11H,6-7H2,1-5H3/t8-,9+,10-/m0/s1. The monoisotopic (exact) mass is 221 g/mol. The van der Waals surface area contributed by atoms with E-state index in [0.717, 1.165) is 0 Å². The van der Waals surface area contributed by atoms with E-state index in [-0.39, 0.29) is 18.3 Å². The van der Waals surface area contributed by atoms with Crippen molar-refractivity contribution >= 4 is 0 Å². The Hall–Kier alpha value is -0.200. The van der Waals surface area contributed by atoms with E-state index in [0.29, 0.717) is 13.2 Å². The molecule has 0 rings (SSSR count). The molecule has 92 valence electrons. The van der Waals surface area contributed by atoms with Crippen molar-refractivity contribution in [2.24, 2.45) is 0 Å². The molecule has 0 aromatic carbocycles. The van der Waals surface area contributed by atoms with Gasteiger partial charge in [0.15, 0.2) is 0 Å². The highest BCUT2D eigenvalue weighted by molar-refractivity contribution is 4.80. The van der Waals surface area contributed by atoms with Crippen LogP contribution in [0.1, 0.15) is 0 Å². The molecule has 0 radical (unpaired) electrons. The number of ether oxygens (including phenoxy) is 4. The highest BCUT2D eigenvalue weighted by Gasteiger charge is 2.29. The fourth-order valence-electron chi connectivity index (χ4n) is 1.54. The average Bonchev–Trinajstić information content (AvgIpc) is 2.27. The quantitative estimate of drug-likeness (QED) is 0.589. The predicted molar refractivity (Wildman–Crippen MR) is 58.2 cm³/mol. The zero-order valence-corrected chi connectivity index (χ0v) is 10.3. The maximum absolute atomic E-state index is 5.39. The second kappa shape index (κ2) is 9.06. The predicted octanol–water partition coefficient (Wildman–Crippen LogP) is -0.103. The zero-order chi connectivity index (χ0) is 11.7. The number of hydrogen-bond donors (Lipinski definition) is 1. The first-order valence-corrected chi connectivity index (χ1v) is 4.97. The summed E-state index contributed by atoms with van der Waals surface area (Å²) in [5.74, 6) is 0. The van der Waals surface area contributed by atoms with Crippen molar-refractivity contribution in [3.8, 4) is 0 Å². The minimum atomic E-state index is -0.146. The van der Waals surface area contributed by atoms with Gasteiger partial charge < -0.3 is 24.3 Å². The lowest BCUT2D eigenvalue weighted by Gasteiger charge is -2.30. The van der Waals surface area contributed by atoms with Crippen LogP contribution in [-0.2, 0) is 18.9 Å². The Balaban J connectivity index is 4.37. The molecule has 1 N–H and O–H groups in total. The Kier molecular flexibility index (Phi) is 8.94. The molecule has 0 aliphatic heterocycles. The number of hydrogen-bond acceptors (Lipinski definition) is 5. The van der Waals surface area contributed by atoms with Crippen LogP contribution in [0.3, 0.4) is 0 Å². The lowest BCUT2D eigenvalue weighted by atomic mass is 10.1. The second-order valence-corrected chi connectivity index (χ2v) is 3.26. The first kappa shape index (κ1) is 14.8. The summed E-state index contributed by atoms with van der Waals surface area (Å²) in [5.41, 5.74) is 0. The summed E-state index contributed by atoms with van der Waals surface area (Å²) in [5, 5.41) is 3.05. The first-order chi connectivity index (χ1) is 7.24. The van der Waals surface area contributed by atoms with Gasteiger partial charge in [-0.3, -0.25) is 0 Å². The van der Waals surface area contributed by atoms with Crippen LogP contribution >= 0.6 is 0 Å². The van der Waals surface area contributed by atoms with E-state index in [1.165, 1.54) is 0 Å². The molecule has 0 heterocycles. The summed E-state index contributed by atoms with van der Waals surface area (Å²) in [6, 6.07) is 0. The van der Waals surface area contributed by atoms with Crippen molar-refractivity contribution in [3.05, 3.63) is 0 Å². The molecule has 0 aromatic heterocycles. The van der Waals surface area contributed by atoms with Crippen LogP contribution in [0.2, 0.25) is 0 Å². The molecule has 5 nitrogen and oxygen atoms in total. The van der Waals surface area contributed by atoms with Gasteiger partial charge >= 0.3 is 0 Å². The van der Waals surface area contributed by atoms with Gasteiger partial charge in [-0.15, -0.1) is 0 Å². The Morgan fingerprint density at radius 2 is 1.53 bits per heavy atom. The molecule has 0 fully saturated rings. The van der Waals surface area contributed by atoms with Crippen molar-refractivity contribution in [1.29, 1.82) is 0 Å². The van der Waals surface area contributed by atoms with Crippen molar-refractivity contribution in [2.45, 2.75) is 18.3 Å². The molecule has 15 heavy (non-hydrogen) atoms. The third-order valence-corrected chi connectivity index (χ3v) is 2.35. The lowest BCUT2D eigenvalue weighted by molar-refractivity contribution is -0.122. The third kappa shape index (κ3) is 4.90. The first-order valence-electron chi connectivity index (χ1n) is 4.97. The van der Waals surface area contributed by atoms with E-state index in [1.807, 2.05) is 7.05 Å². The molecule has 0 saturated carbocycles.